The molecule has 0 aromatic heterocycles. The fraction of sp³-hybridized carbons (Fsp3) is 0.667. The molecule has 1 aliphatic rings. The van der Waals surface area contributed by atoms with Crippen molar-refractivity contribution in [2.45, 2.75) is 71.4 Å². The number of nitrogens with one attached hydrogen (secondary N) is 1. The first-order valence-electron chi connectivity index (χ1n) is 8.05. The molecule has 0 radical (unpaired) electrons. The van der Waals surface area contributed by atoms with E-state index in [1.54, 1.807) is 0 Å². The Morgan fingerprint density at radius 2 is 2.05 bits per heavy atom. The molecule has 1 atom stereocenters. The Labute approximate surface area is 123 Å². The number of aryl methyl sites for hydroxylation is 1. The van der Waals surface area contributed by atoms with E-state index >= 15 is 0 Å². The summed E-state index contributed by atoms with van der Waals surface area (Å²) >= 11 is 0. The fourth-order valence-corrected chi connectivity index (χ4v) is 2.97. The molecule has 2 rings (SSSR count). The van der Waals surface area contributed by atoms with E-state index in [-0.39, 0.29) is 5.60 Å². The predicted octanol–water partition coefficient (Wildman–Crippen LogP) is 4.77. The molecule has 1 aromatic rings. The minimum Gasteiger partial charge on any atom is -0.487 e. The molecule has 20 heavy (non-hydrogen) atoms. The maximum absolute atomic E-state index is 6.14. The molecule has 1 N–H and O–H groups in total. The summed E-state index contributed by atoms with van der Waals surface area (Å²) in [5.74, 6) is 1.06. The van der Waals surface area contributed by atoms with Gasteiger partial charge in [-0.3, -0.25) is 0 Å². The number of hydrogen-bond acceptors (Lipinski definition) is 2. The van der Waals surface area contributed by atoms with Crippen molar-refractivity contribution < 1.29 is 4.74 Å². The molecular weight excluding hydrogens is 246 g/mol. The third-order valence-corrected chi connectivity index (χ3v) is 4.05. The van der Waals surface area contributed by atoms with Crippen LogP contribution in [0.25, 0.3) is 0 Å². The molecule has 0 amide bonds. The molecule has 1 heterocycles. The molecule has 0 aliphatic carbocycles. The van der Waals surface area contributed by atoms with Crippen LogP contribution in [0.5, 0.6) is 5.75 Å². The molecule has 0 fully saturated rings. The van der Waals surface area contributed by atoms with Crippen molar-refractivity contribution in [2.24, 2.45) is 0 Å². The van der Waals surface area contributed by atoms with Crippen molar-refractivity contribution in [1.29, 1.82) is 0 Å². The minimum absolute atomic E-state index is 0.0815. The third-order valence-electron chi connectivity index (χ3n) is 4.05. The Balaban J connectivity index is 2.02. The van der Waals surface area contributed by atoms with E-state index < -0.39 is 0 Å². The summed E-state index contributed by atoms with van der Waals surface area (Å²) in [6.07, 6.45) is 6.28. The molecule has 112 valence electrons. The highest BCUT2D eigenvalue weighted by atomic mass is 16.5. The van der Waals surface area contributed by atoms with Crippen LogP contribution in [0, 0.1) is 6.92 Å². The molecule has 2 heteroatoms. The molecular formula is C18H29NO. The van der Waals surface area contributed by atoms with Gasteiger partial charge < -0.3 is 10.1 Å². The van der Waals surface area contributed by atoms with Gasteiger partial charge in [0.15, 0.2) is 0 Å². The van der Waals surface area contributed by atoms with Crippen LogP contribution in [-0.2, 0) is 0 Å². The van der Waals surface area contributed by atoms with Gasteiger partial charge in [-0.1, -0.05) is 38.3 Å². The van der Waals surface area contributed by atoms with Gasteiger partial charge in [0.25, 0.3) is 0 Å². The van der Waals surface area contributed by atoms with Gasteiger partial charge in [0.2, 0.25) is 0 Å². The van der Waals surface area contributed by atoms with Crippen molar-refractivity contribution in [3.8, 4) is 5.75 Å². The third kappa shape index (κ3) is 3.99. The first-order chi connectivity index (χ1) is 9.52. The molecule has 0 spiro atoms. The number of benzene rings is 1. The van der Waals surface area contributed by atoms with Crippen LogP contribution in [0.4, 0.5) is 0 Å². The lowest BCUT2D eigenvalue weighted by molar-refractivity contribution is 0.0660. The van der Waals surface area contributed by atoms with E-state index in [1.807, 2.05) is 0 Å². The highest BCUT2D eigenvalue weighted by Crippen LogP contribution is 2.39. The first-order valence-corrected chi connectivity index (χ1v) is 8.05. The van der Waals surface area contributed by atoms with Crippen molar-refractivity contribution in [3.63, 3.8) is 0 Å². The van der Waals surface area contributed by atoms with Gasteiger partial charge in [0.05, 0.1) is 0 Å². The second-order valence-corrected chi connectivity index (χ2v) is 6.67. The van der Waals surface area contributed by atoms with E-state index in [1.165, 1.54) is 36.8 Å². The highest BCUT2D eigenvalue weighted by Gasteiger charge is 2.33. The van der Waals surface area contributed by atoms with Crippen molar-refractivity contribution >= 4 is 0 Å². The quantitative estimate of drug-likeness (QED) is 0.755. The lowest BCUT2D eigenvalue weighted by Gasteiger charge is -2.38. The summed E-state index contributed by atoms with van der Waals surface area (Å²) in [5.41, 5.74) is 2.51. The topological polar surface area (TPSA) is 21.3 Å². The van der Waals surface area contributed by atoms with Crippen molar-refractivity contribution in [3.05, 3.63) is 29.3 Å². The van der Waals surface area contributed by atoms with Crippen LogP contribution < -0.4 is 10.1 Å². The van der Waals surface area contributed by atoms with Crippen molar-refractivity contribution in [1.82, 2.24) is 5.32 Å². The SMILES string of the molecule is CCCCCCNC1CC(C)(C)Oc2cc(C)ccc21. The number of fused-ring (bicyclic) bond motifs is 1. The maximum Gasteiger partial charge on any atom is 0.125 e. The number of ether oxygens (including phenoxy) is 1. The van der Waals surface area contributed by atoms with Gasteiger partial charge in [-0.15, -0.1) is 0 Å². The summed E-state index contributed by atoms with van der Waals surface area (Å²) in [7, 11) is 0. The van der Waals surface area contributed by atoms with E-state index in [0.29, 0.717) is 6.04 Å². The molecule has 1 unspecified atom stereocenters. The summed E-state index contributed by atoms with van der Waals surface area (Å²) in [5, 5.41) is 3.73. The Morgan fingerprint density at radius 1 is 1.25 bits per heavy atom. The largest absolute Gasteiger partial charge is 0.487 e. The van der Waals surface area contributed by atoms with Gasteiger partial charge >= 0.3 is 0 Å². The van der Waals surface area contributed by atoms with Crippen molar-refractivity contribution in [2.75, 3.05) is 6.54 Å². The Hall–Kier alpha value is -1.02. The van der Waals surface area contributed by atoms with E-state index in [2.05, 4.69) is 51.2 Å². The number of unbranched alkanes of at least 4 members (excludes halogenated alkanes) is 3. The number of hydrogen-bond donors (Lipinski definition) is 1. The van der Waals surface area contributed by atoms with Gasteiger partial charge in [-0.2, -0.15) is 0 Å². The predicted molar refractivity (Wildman–Crippen MR) is 85.4 cm³/mol. The van der Waals surface area contributed by atoms with Crippen LogP contribution in [0.15, 0.2) is 18.2 Å². The fourth-order valence-electron chi connectivity index (χ4n) is 2.97. The Morgan fingerprint density at radius 3 is 2.80 bits per heavy atom. The lowest BCUT2D eigenvalue weighted by atomic mass is 9.89. The maximum atomic E-state index is 6.14. The minimum atomic E-state index is -0.0815. The van der Waals surface area contributed by atoms with Gasteiger partial charge in [0.1, 0.15) is 11.4 Å². The summed E-state index contributed by atoms with van der Waals surface area (Å²) in [6, 6.07) is 7.01. The zero-order valence-electron chi connectivity index (χ0n) is 13.5. The zero-order chi connectivity index (χ0) is 14.6. The van der Waals surface area contributed by atoms with Crippen LogP contribution in [0.3, 0.4) is 0 Å². The van der Waals surface area contributed by atoms with Crippen LogP contribution in [0.1, 0.15) is 70.0 Å². The summed E-state index contributed by atoms with van der Waals surface area (Å²) in [4.78, 5) is 0. The lowest BCUT2D eigenvalue weighted by Crippen LogP contribution is -2.39. The molecule has 2 nitrogen and oxygen atoms in total. The average molecular weight is 275 g/mol. The first kappa shape index (κ1) is 15.4. The van der Waals surface area contributed by atoms with E-state index in [9.17, 15) is 0 Å². The molecule has 0 saturated carbocycles. The number of rotatable bonds is 6. The van der Waals surface area contributed by atoms with E-state index in [4.69, 9.17) is 4.74 Å². The van der Waals surface area contributed by atoms with Gasteiger partial charge in [0, 0.05) is 18.0 Å². The van der Waals surface area contributed by atoms with Crippen LogP contribution >= 0.6 is 0 Å². The van der Waals surface area contributed by atoms with Crippen LogP contribution in [-0.4, -0.2) is 12.1 Å². The monoisotopic (exact) mass is 275 g/mol. The van der Waals surface area contributed by atoms with Gasteiger partial charge in [-0.25, -0.2) is 0 Å². The van der Waals surface area contributed by atoms with Gasteiger partial charge in [-0.05, 0) is 45.4 Å². The molecule has 1 aromatic carbocycles. The van der Waals surface area contributed by atoms with Crippen LogP contribution in [0.2, 0.25) is 0 Å². The Kier molecular flexibility index (Phi) is 5.09. The highest BCUT2D eigenvalue weighted by molar-refractivity contribution is 5.41. The smallest absolute Gasteiger partial charge is 0.125 e. The summed E-state index contributed by atoms with van der Waals surface area (Å²) in [6.45, 7) is 9.85. The summed E-state index contributed by atoms with van der Waals surface area (Å²) < 4.78 is 6.14. The second kappa shape index (κ2) is 6.62. The Bertz CT molecular complexity index is 439. The molecule has 1 aliphatic heterocycles. The second-order valence-electron chi connectivity index (χ2n) is 6.67. The average Bonchev–Trinajstić information content (AvgIpc) is 2.36. The molecule has 0 bridgehead atoms. The zero-order valence-corrected chi connectivity index (χ0v) is 13.5. The molecule has 0 saturated heterocycles. The van der Waals surface area contributed by atoms with E-state index in [0.717, 1.165) is 18.7 Å². The standard InChI is InChI=1S/C18H29NO/c1-5-6-7-8-11-19-16-13-18(3,4)20-17-12-14(2)9-10-15(16)17/h9-10,12,16,19H,5-8,11,13H2,1-4H3. The normalized spacial score (nSPS) is 20.3.